The Bertz CT molecular complexity index is 508. The number of nitrogens with zero attached hydrogens (tertiary/aromatic N) is 1. The van der Waals surface area contributed by atoms with Crippen LogP contribution in [0.4, 0.5) is 10.1 Å². The van der Waals surface area contributed by atoms with Crippen molar-refractivity contribution in [2.45, 2.75) is 6.92 Å². The van der Waals surface area contributed by atoms with Crippen LogP contribution in [0.1, 0.15) is 5.76 Å². The van der Waals surface area contributed by atoms with Crippen LogP contribution >= 0.6 is 0 Å². The number of hydrogen-bond acceptors (Lipinski definition) is 4. The molecule has 2 rings (SSSR count). The van der Waals surface area contributed by atoms with E-state index in [-0.39, 0.29) is 22.8 Å². The van der Waals surface area contributed by atoms with E-state index in [9.17, 15) is 9.50 Å². The van der Waals surface area contributed by atoms with Crippen molar-refractivity contribution in [3.8, 4) is 17.0 Å². The maximum atomic E-state index is 13.4. The van der Waals surface area contributed by atoms with E-state index in [1.807, 2.05) is 0 Å². The number of rotatable bonds is 1. The topological polar surface area (TPSA) is 72.3 Å². The maximum absolute atomic E-state index is 13.4. The molecule has 0 aliphatic rings. The number of anilines is 1. The number of aryl methyl sites for hydroxylation is 1. The fourth-order valence-corrected chi connectivity index (χ4v) is 1.27. The van der Waals surface area contributed by atoms with Crippen molar-refractivity contribution < 1.29 is 14.0 Å². The zero-order valence-electron chi connectivity index (χ0n) is 7.99. The van der Waals surface area contributed by atoms with E-state index in [2.05, 4.69) is 5.16 Å². The second kappa shape index (κ2) is 3.27. The van der Waals surface area contributed by atoms with Crippen molar-refractivity contribution >= 4 is 5.69 Å². The summed E-state index contributed by atoms with van der Waals surface area (Å²) in [7, 11) is 0. The third kappa shape index (κ3) is 1.52. The van der Waals surface area contributed by atoms with Crippen molar-refractivity contribution in [1.82, 2.24) is 5.16 Å². The summed E-state index contributed by atoms with van der Waals surface area (Å²) < 4.78 is 18.1. The molecule has 0 fully saturated rings. The third-order valence-corrected chi connectivity index (χ3v) is 2.08. The van der Waals surface area contributed by atoms with E-state index in [4.69, 9.17) is 10.3 Å². The lowest BCUT2D eigenvalue weighted by atomic mass is 10.1. The largest absolute Gasteiger partial charge is 0.503 e. The Balaban J connectivity index is 2.63. The van der Waals surface area contributed by atoms with Gasteiger partial charge in [0.1, 0.15) is 5.82 Å². The fourth-order valence-electron chi connectivity index (χ4n) is 1.27. The number of benzene rings is 1. The second-order valence-corrected chi connectivity index (χ2v) is 3.18. The maximum Gasteiger partial charge on any atom is 0.186 e. The number of hydrogen-bond donors (Lipinski definition) is 2. The van der Waals surface area contributed by atoms with Gasteiger partial charge in [0, 0.05) is 18.2 Å². The molecule has 15 heavy (non-hydrogen) atoms. The van der Waals surface area contributed by atoms with Gasteiger partial charge in [0.15, 0.2) is 17.2 Å². The fraction of sp³-hybridized carbons (Fsp3) is 0.100. The Morgan fingerprint density at radius 2 is 2.20 bits per heavy atom. The normalized spacial score (nSPS) is 10.5. The van der Waals surface area contributed by atoms with E-state index >= 15 is 0 Å². The SMILES string of the molecule is Cc1onc(-c2cc(N)ccc2F)c1O. The van der Waals surface area contributed by atoms with Crippen LogP contribution in [0.25, 0.3) is 11.3 Å². The molecule has 0 amide bonds. The molecule has 0 spiro atoms. The van der Waals surface area contributed by atoms with Gasteiger partial charge < -0.3 is 15.4 Å². The van der Waals surface area contributed by atoms with Gasteiger partial charge in [0.25, 0.3) is 0 Å². The second-order valence-electron chi connectivity index (χ2n) is 3.18. The number of aromatic nitrogens is 1. The summed E-state index contributed by atoms with van der Waals surface area (Å²) in [5.74, 6) is -0.431. The van der Waals surface area contributed by atoms with Gasteiger partial charge in [-0.15, -0.1) is 0 Å². The minimum Gasteiger partial charge on any atom is -0.503 e. The molecule has 0 atom stereocenters. The Kier molecular flexibility index (Phi) is 2.07. The van der Waals surface area contributed by atoms with Crippen LogP contribution in [0.3, 0.4) is 0 Å². The van der Waals surface area contributed by atoms with Gasteiger partial charge in [-0.2, -0.15) is 0 Å². The molecular formula is C10H9FN2O2. The van der Waals surface area contributed by atoms with Gasteiger partial charge >= 0.3 is 0 Å². The first-order valence-electron chi connectivity index (χ1n) is 4.30. The summed E-state index contributed by atoms with van der Waals surface area (Å²) in [6.45, 7) is 1.54. The monoisotopic (exact) mass is 208 g/mol. The first-order chi connectivity index (χ1) is 7.09. The molecule has 1 aromatic heterocycles. The molecule has 0 saturated heterocycles. The van der Waals surface area contributed by atoms with Crippen molar-refractivity contribution in [2.24, 2.45) is 0 Å². The zero-order chi connectivity index (χ0) is 11.0. The molecule has 1 aromatic carbocycles. The zero-order valence-corrected chi connectivity index (χ0v) is 7.99. The summed E-state index contributed by atoms with van der Waals surface area (Å²) in [4.78, 5) is 0. The van der Waals surface area contributed by atoms with E-state index < -0.39 is 5.82 Å². The number of aromatic hydroxyl groups is 1. The average Bonchev–Trinajstić information content (AvgIpc) is 2.52. The molecule has 5 heteroatoms. The first kappa shape index (κ1) is 9.51. The Morgan fingerprint density at radius 3 is 2.80 bits per heavy atom. The van der Waals surface area contributed by atoms with Gasteiger partial charge in [-0.3, -0.25) is 0 Å². The molecule has 2 aromatic rings. The van der Waals surface area contributed by atoms with Crippen LogP contribution < -0.4 is 5.73 Å². The van der Waals surface area contributed by atoms with Gasteiger partial charge in [-0.1, -0.05) is 5.16 Å². The van der Waals surface area contributed by atoms with Crippen LogP contribution in [0.2, 0.25) is 0 Å². The molecule has 0 bridgehead atoms. The van der Waals surface area contributed by atoms with Crippen LogP contribution in [-0.4, -0.2) is 10.3 Å². The van der Waals surface area contributed by atoms with E-state index in [1.165, 1.54) is 25.1 Å². The third-order valence-electron chi connectivity index (χ3n) is 2.08. The first-order valence-corrected chi connectivity index (χ1v) is 4.30. The van der Waals surface area contributed by atoms with E-state index in [0.29, 0.717) is 5.69 Å². The molecule has 0 aliphatic carbocycles. The van der Waals surface area contributed by atoms with Crippen LogP contribution in [-0.2, 0) is 0 Å². The summed E-state index contributed by atoms with van der Waals surface area (Å²) in [6.07, 6.45) is 0. The van der Waals surface area contributed by atoms with E-state index in [0.717, 1.165) is 0 Å². The average molecular weight is 208 g/mol. The molecule has 3 N–H and O–H groups in total. The number of nitrogen functional groups attached to an aromatic ring is 1. The summed E-state index contributed by atoms with van der Waals surface area (Å²) in [5, 5.41) is 13.1. The molecule has 78 valence electrons. The van der Waals surface area contributed by atoms with Crippen LogP contribution in [0.15, 0.2) is 22.7 Å². The smallest absolute Gasteiger partial charge is 0.186 e. The summed E-state index contributed by atoms with van der Waals surface area (Å²) >= 11 is 0. The van der Waals surface area contributed by atoms with Gasteiger partial charge in [-0.05, 0) is 18.2 Å². The highest BCUT2D eigenvalue weighted by Crippen LogP contribution is 2.33. The lowest BCUT2D eigenvalue weighted by Gasteiger charge is -2.00. The molecule has 0 saturated carbocycles. The highest BCUT2D eigenvalue weighted by molar-refractivity contribution is 5.69. The van der Waals surface area contributed by atoms with Crippen molar-refractivity contribution in [1.29, 1.82) is 0 Å². The molecule has 1 heterocycles. The van der Waals surface area contributed by atoms with Gasteiger partial charge in [-0.25, -0.2) is 4.39 Å². The van der Waals surface area contributed by atoms with Crippen molar-refractivity contribution in [3.05, 3.63) is 29.8 Å². The Hall–Kier alpha value is -2.04. The lowest BCUT2D eigenvalue weighted by Crippen LogP contribution is -1.89. The van der Waals surface area contributed by atoms with Crippen LogP contribution in [0, 0.1) is 12.7 Å². The summed E-state index contributed by atoms with van der Waals surface area (Å²) in [6, 6.07) is 4.04. The molecule has 0 radical (unpaired) electrons. The van der Waals surface area contributed by atoms with Crippen LogP contribution in [0.5, 0.6) is 5.75 Å². The minimum atomic E-state index is -0.507. The molecular weight excluding hydrogens is 199 g/mol. The predicted octanol–water partition coefficient (Wildman–Crippen LogP) is 2.08. The predicted molar refractivity (Wildman–Crippen MR) is 52.7 cm³/mol. The quantitative estimate of drug-likeness (QED) is 0.703. The summed E-state index contributed by atoms with van der Waals surface area (Å²) in [5.41, 5.74) is 6.11. The van der Waals surface area contributed by atoms with Crippen molar-refractivity contribution in [3.63, 3.8) is 0 Å². The highest BCUT2D eigenvalue weighted by Gasteiger charge is 2.16. The standard InChI is InChI=1S/C10H9FN2O2/c1-5-10(14)9(13-15-5)7-4-6(12)2-3-8(7)11/h2-4,14H,12H2,1H3. The lowest BCUT2D eigenvalue weighted by molar-refractivity contribution is 0.384. The van der Waals surface area contributed by atoms with Crippen molar-refractivity contribution in [2.75, 3.05) is 5.73 Å². The number of nitrogens with two attached hydrogens (primary N) is 1. The Labute approximate surface area is 85.1 Å². The van der Waals surface area contributed by atoms with Gasteiger partial charge in [0.2, 0.25) is 0 Å². The molecule has 0 aliphatic heterocycles. The molecule has 4 nitrogen and oxygen atoms in total. The van der Waals surface area contributed by atoms with Gasteiger partial charge in [0.05, 0.1) is 0 Å². The Morgan fingerprint density at radius 1 is 1.47 bits per heavy atom. The highest BCUT2D eigenvalue weighted by atomic mass is 19.1. The van der Waals surface area contributed by atoms with E-state index in [1.54, 1.807) is 0 Å². The molecule has 0 unspecified atom stereocenters. The number of halogens is 1. The minimum absolute atomic E-state index is 0.0669.